The smallest absolute Gasteiger partial charge is 0.410 e. The van der Waals surface area contributed by atoms with E-state index >= 15 is 0 Å². The van der Waals surface area contributed by atoms with Crippen LogP contribution in [-0.2, 0) is 4.74 Å². The molecule has 2 heterocycles. The number of nitrogens with zero attached hydrogens (tertiary/aromatic N) is 1. The fourth-order valence-corrected chi connectivity index (χ4v) is 3.78. The molecule has 1 saturated carbocycles. The van der Waals surface area contributed by atoms with E-state index < -0.39 is 0 Å². The van der Waals surface area contributed by atoms with Crippen molar-refractivity contribution in [2.24, 2.45) is 11.8 Å². The van der Waals surface area contributed by atoms with Crippen LogP contribution >= 0.6 is 0 Å². The normalized spacial score (nSPS) is 44.6. The van der Waals surface area contributed by atoms with Gasteiger partial charge in [0, 0.05) is 18.5 Å². The second-order valence-corrected chi connectivity index (χ2v) is 5.27. The molecule has 0 spiro atoms. The first-order valence-electron chi connectivity index (χ1n) is 6.24. The second-order valence-electron chi connectivity index (χ2n) is 5.27. The molecule has 0 aromatic carbocycles. The van der Waals surface area contributed by atoms with Gasteiger partial charge in [-0.15, -0.1) is 0 Å². The molecule has 0 aromatic heterocycles. The highest BCUT2D eigenvalue weighted by Crippen LogP contribution is 2.44. The van der Waals surface area contributed by atoms with Gasteiger partial charge in [0.1, 0.15) is 6.10 Å². The summed E-state index contributed by atoms with van der Waals surface area (Å²) < 4.78 is 5.43. The maximum Gasteiger partial charge on any atom is 0.410 e. The molecule has 3 unspecified atom stereocenters. The quantitative estimate of drug-likeness (QED) is 0.613. The molecule has 84 valence electrons. The number of hydrogen-bond acceptors (Lipinski definition) is 2. The van der Waals surface area contributed by atoms with Crippen molar-refractivity contribution in [3.8, 4) is 0 Å². The van der Waals surface area contributed by atoms with Crippen molar-refractivity contribution in [2.75, 3.05) is 6.54 Å². The number of cyclic esters (lactones) is 1. The molecule has 3 rings (SSSR count). The Balaban J connectivity index is 1.92. The maximum atomic E-state index is 11.8. The summed E-state index contributed by atoms with van der Waals surface area (Å²) in [6.07, 6.45) is 6.39. The lowest BCUT2D eigenvalue weighted by molar-refractivity contribution is -0.0303. The lowest BCUT2D eigenvalue weighted by Gasteiger charge is -2.41. The number of carbonyl (C=O) groups excluding carboxylic acids is 1. The Bertz CT molecular complexity index is 279. The monoisotopic (exact) mass is 209 g/mol. The second kappa shape index (κ2) is 3.39. The van der Waals surface area contributed by atoms with Crippen molar-refractivity contribution in [3.05, 3.63) is 0 Å². The van der Waals surface area contributed by atoms with Crippen LogP contribution in [0.4, 0.5) is 4.79 Å². The van der Waals surface area contributed by atoms with E-state index in [0.29, 0.717) is 12.0 Å². The molecular weight excluding hydrogens is 190 g/mol. The summed E-state index contributed by atoms with van der Waals surface area (Å²) in [5.41, 5.74) is 0. The highest BCUT2D eigenvalue weighted by Gasteiger charge is 2.49. The van der Waals surface area contributed by atoms with Crippen molar-refractivity contribution in [2.45, 2.75) is 51.2 Å². The van der Waals surface area contributed by atoms with Gasteiger partial charge in [0.15, 0.2) is 0 Å². The zero-order chi connectivity index (χ0) is 10.4. The molecule has 3 heteroatoms. The minimum Gasteiger partial charge on any atom is -0.446 e. The third-order valence-corrected chi connectivity index (χ3v) is 4.50. The Kier molecular flexibility index (Phi) is 2.15. The van der Waals surface area contributed by atoms with E-state index in [0.717, 1.165) is 18.9 Å². The average molecular weight is 209 g/mol. The van der Waals surface area contributed by atoms with Gasteiger partial charge in [-0.25, -0.2) is 4.79 Å². The topological polar surface area (TPSA) is 29.5 Å². The number of ether oxygens (including phenoxy) is 1. The number of rotatable bonds is 0. The van der Waals surface area contributed by atoms with E-state index in [1.807, 2.05) is 4.90 Å². The molecule has 0 aromatic rings. The fourth-order valence-electron chi connectivity index (χ4n) is 3.78. The maximum absolute atomic E-state index is 11.8. The summed E-state index contributed by atoms with van der Waals surface area (Å²) in [5, 5.41) is 0. The van der Waals surface area contributed by atoms with Gasteiger partial charge in [-0.05, 0) is 38.5 Å². The lowest BCUT2D eigenvalue weighted by atomic mass is 9.90. The van der Waals surface area contributed by atoms with Crippen LogP contribution in [-0.4, -0.2) is 29.7 Å². The molecule has 2 aliphatic heterocycles. The Labute approximate surface area is 90.8 Å². The number of carbonyl (C=O) groups is 1. The minimum atomic E-state index is -0.0578. The first-order chi connectivity index (χ1) is 7.27. The summed E-state index contributed by atoms with van der Waals surface area (Å²) in [4.78, 5) is 13.8. The molecule has 3 nitrogen and oxygen atoms in total. The van der Waals surface area contributed by atoms with E-state index in [9.17, 15) is 4.79 Å². The Morgan fingerprint density at radius 1 is 1.27 bits per heavy atom. The highest BCUT2D eigenvalue weighted by molar-refractivity contribution is 5.69. The predicted octanol–water partition coefficient (Wildman–Crippen LogP) is 2.41. The van der Waals surface area contributed by atoms with Gasteiger partial charge >= 0.3 is 6.09 Å². The van der Waals surface area contributed by atoms with Gasteiger partial charge in [-0.3, -0.25) is 0 Å². The summed E-state index contributed by atoms with van der Waals surface area (Å²) in [6.45, 7) is 2.98. The fraction of sp³-hybridized carbons (Fsp3) is 0.917. The molecular formula is C12H19NO2. The van der Waals surface area contributed by atoms with Gasteiger partial charge < -0.3 is 9.64 Å². The van der Waals surface area contributed by atoms with Gasteiger partial charge in [0.25, 0.3) is 0 Å². The van der Waals surface area contributed by atoms with E-state index in [1.165, 1.54) is 25.7 Å². The zero-order valence-electron chi connectivity index (χ0n) is 9.32. The standard InChI is InChI=1S/C12H19NO2/c1-8-10-6-5-9-4-2-3-7-13(11(9)10)12(14)15-8/h8-11H,2-7H2,1H3/t8?,9-,10?,11?/m1/s1. The van der Waals surface area contributed by atoms with Crippen LogP contribution in [0.3, 0.4) is 0 Å². The first kappa shape index (κ1) is 9.49. The van der Waals surface area contributed by atoms with Crippen LogP contribution in [0, 0.1) is 11.8 Å². The molecule has 0 radical (unpaired) electrons. The van der Waals surface area contributed by atoms with E-state index in [4.69, 9.17) is 4.74 Å². The SMILES string of the molecule is CC1OC(=O)N2CCCC[C@@H]3CCC1C32. The van der Waals surface area contributed by atoms with Crippen molar-refractivity contribution in [1.29, 1.82) is 0 Å². The Morgan fingerprint density at radius 2 is 2.13 bits per heavy atom. The van der Waals surface area contributed by atoms with Crippen molar-refractivity contribution in [3.63, 3.8) is 0 Å². The van der Waals surface area contributed by atoms with Gasteiger partial charge in [-0.1, -0.05) is 6.42 Å². The van der Waals surface area contributed by atoms with E-state index in [1.54, 1.807) is 0 Å². The molecule has 0 N–H and O–H groups in total. The van der Waals surface area contributed by atoms with Crippen molar-refractivity contribution >= 4 is 6.09 Å². The van der Waals surface area contributed by atoms with Crippen LogP contribution in [0.25, 0.3) is 0 Å². The third kappa shape index (κ3) is 1.35. The molecule has 2 saturated heterocycles. The van der Waals surface area contributed by atoms with E-state index in [-0.39, 0.29) is 12.2 Å². The molecule has 15 heavy (non-hydrogen) atoms. The third-order valence-electron chi connectivity index (χ3n) is 4.50. The Morgan fingerprint density at radius 3 is 3.00 bits per heavy atom. The van der Waals surface area contributed by atoms with Gasteiger partial charge in [-0.2, -0.15) is 0 Å². The van der Waals surface area contributed by atoms with Crippen LogP contribution in [0.1, 0.15) is 39.0 Å². The molecule has 3 aliphatic rings. The van der Waals surface area contributed by atoms with Crippen LogP contribution < -0.4 is 0 Å². The minimum absolute atomic E-state index is 0.0578. The summed E-state index contributed by atoms with van der Waals surface area (Å²) in [6, 6.07) is 0.503. The zero-order valence-corrected chi connectivity index (χ0v) is 9.32. The molecule has 0 bridgehead atoms. The summed E-state index contributed by atoms with van der Waals surface area (Å²) in [7, 11) is 0. The molecule has 1 amide bonds. The predicted molar refractivity (Wildman–Crippen MR) is 56.5 cm³/mol. The summed E-state index contributed by atoms with van der Waals surface area (Å²) >= 11 is 0. The van der Waals surface area contributed by atoms with Crippen LogP contribution in [0.15, 0.2) is 0 Å². The highest BCUT2D eigenvalue weighted by atomic mass is 16.6. The van der Waals surface area contributed by atoms with Gasteiger partial charge in [0.05, 0.1) is 0 Å². The molecule has 4 atom stereocenters. The van der Waals surface area contributed by atoms with Crippen molar-refractivity contribution < 1.29 is 9.53 Å². The first-order valence-corrected chi connectivity index (χ1v) is 6.24. The number of hydrogen-bond donors (Lipinski definition) is 0. The number of amides is 1. The van der Waals surface area contributed by atoms with Crippen LogP contribution in [0.2, 0.25) is 0 Å². The van der Waals surface area contributed by atoms with Crippen LogP contribution in [0.5, 0.6) is 0 Å². The van der Waals surface area contributed by atoms with Crippen molar-refractivity contribution in [1.82, 2.24) is 4.90 Å². The van der Waals surface area contributed by atoms with Gasteiger partial charge in [0.2, 0.25) is 0 Å². The summed E-state index contributed by atoms with van der Waals surface area (Å²) in [5.74, 6) is 1.36. The molecule has 1 aliphatic carbocycles. The van der Waals surface area contributed by atoms with E-state index in [2.05, 4.69) is 6.92 Å². The average Bonchev–Trinajstić information content (AvgIpc) is 2.50. The Hall–Kier alpha value is -0.730. The molecule has 3 fully saturated rings. The largest absolute Gasteiger partial charge is 0.446 e. The lowest BCUT2D eigenvalue weighted by Crippen LogP contribution is -2.53.